The molecule has 0 aromatic rings. The van der Waals surface area contributed by atoms with Gasteiger partial charge < -0.3 is 39.0 Å². The number of esters is 3. The molecule has 77 heavy (non-hydrogen) atoms. The van der Waals surface area contributed by atoms with E-state index in [0.717, 1.165) is 161 Å². The first-order valence-electron chi connectivity index (χ1n) is 29.9. The lowest BCUT2D eigenvalue weighted by molar-refractivity contribution is -0.301. The molecule has 0 saturated carbocycles. The minimum Gasteiger partial charge on any atom is -0.479 e. The van der Waals surface area contributed by atoms with Gasteiger partial charge in [-0.1, -0.05) is 201 Å². The summed E-state index contributed by atoms with van der Waals surface area (Å²) in [6.45, 7) is 5.61. The number of rotatable bonds is 49. The number of allylic oxidation sites excluding steroid dienone is 18. The van der Waals surface area contributed by atoms with E-state index in [1.807, 2.05) is 0 Å². The first kappa shape index (κ1) is 70.4. The van der Waals surface area contributed by atoms with Crippen molar-refractivity contribution in [1.29, 1.82) is 0 Å². The van der Waals surface area contributed by atoms with E-state index in [1.165, 1.54) is 6.42 Å². The fourth-order valence-electron chi connectivity index (χ4n) is 8.35. The summed E-state index contributed by atoms with van der Waals surface area (Å²) < 4.78 is 28.4. The molecule has 1 aliphatic heterocycles. The SMILES string of the molecule is CC/C=C\C/C=C\C/C=C\CCCCCCCCCC(=O)OCC(COC1OC(C(=O)O)C(O)C(O)C1OC(=O)CCCCCCCCC/C=C\C/C=C\C/C=C\CC)OC(=O)CCCCC/C=C\C/C=C\C/C=C\CC. The summed E-state index contributed by atoms with van der Waals surface area (Å²) in [5.41, 5.74) is 0. The summed E-state index contributed by atoms with van der Waals surface area (Å²) in [7, 11) is 0. The number of aliphatic hydroxyl groups is 2. The van der Waals surface area contributed by atoms with Gasteiger partial charge in [0, 0.05) is 19.3 Å². The van der Waals surface area contributed by atoms with Crippen molar-refractivity contribution in [2.75, 3.05) is 13.2 Å². The summed E-state index contributed by atoms with van der Waals surface area (Å²) in [4.78, 5) is 51.2. The lowest BCUT2D eigenvalue weighted by Crippen LogP contribution is -2.61. The molecule has 1 rings (SSSR count). The third-order valence-corrected chi connectivity index (χ3v) is 12.8. The van der Waals surface area contributed by atoms with Crippen LogP contribution in [0.15, 0.2) is 109 Å². The van der Waals surface area contributed by atoms with Crippen molar-refractivity contribution in [2.45, 2.75) is 263 Å². The highest BCUT2D eigenvalue weighted by molar-refractivity contribution is 5.74. The zero-order valence-electron chi connectivity index (χ0n) is 47.9. The lowest BCUT2D eigenvalue weighted by Gasteiger charge is -2.40. The van der Waals surface area contributed by atoms with Crippen LogP contribution in [0.2, 0.25) is 0 Å². The first-order valence-corrected chi connectivity index (χ1v) is 29.9. The second-order valence-electron chi connectivity index (χ2n) is 19.8. The molecule has 0 radical (unpaired) electrons. The molecule has 1 fully saturated rings. The molecule has 1 aliphatic rings. The Morgan fingerprint density at radius 2 is 0.779 bits per heavy atom. The second-order valence-corrected chi connectivity index (χ2v) is 19.8. The molecule has 12 nitrogen and oxygen atoms in total. The van der Waals surface area contributed by atoms with Crippen LogP contribution in [0.4, 0.5) is 0 Å². The number of aliphatic carboxylic acids is 1. The van der Waals surface area contributed by atoms with E-state index in [1.54, 1.807) is 0 Å². The third kappa shape index (κ3) is 42.1. The molecule has 1 heterocycles. The average molecular weight is 1080 g/mol. The van der Waals surface area contributed by atoms with Gasteiger partial charge in [-0.3, -0.25) is 14.4 Å². The van der Waals surface area contributed by atoms with Gasteiger partial charge in [-0.05, 0) is 116 Å². The molecule has 0 spiro atoms. The summed E-state index contributed by atoms with van der Waals surface area (Å²) in [5.74, 6) is -3.20. The Morgan fingerprint density at radius 1 is 0.429 bits per heavy atom. The Labute approximate surface area is 465 Å². The predicted molar refractivity (Wildman–Crippen MR) is 312 cm³/mol. The van der Waals surface area contributed by atoms with E-state index in [2.05, 4.69) is 130 Å². The number of carbonyl (C=O) groups is 4. The van der Waals surface area contributed by atoms with Crippen molar-refractivity contribution in [2.24, 2.45) is 0 Å². The van der Waals surface area contributed by atoms with Crippen molar-refractivity contribution in [3.05, 3.63) is 109 Å². The van der Waals surface area contributed by atoms with Crippen LogP contribution in [0, 0.1) is 0 Å². The highest BCUT2D eigenvalue weighted by atomic mass is 16.7. The van der Waals surface area contributed by atoms with Gasteiger partial charge in [-0.2, -0.15) is 0 Å². The lowest BCUT2D eigenvalue weighted by atomic mass is 9.98. The van der Waals surface area contributed by atoms with Crippen molar-refractivity contribution < 1.29 is 58.2 Å². The molecule has 436 valence electrons. The Kier molecular flexibility index (Phi) is 47.6. The minimum atomic E-state index is -1.92. The number of unbranched alkanes of at least 4 members (excludes halogenated alkanes) is 17. The monoisotopic (exact) mass is 1080 g/mol. The highest BCUT2D eigenvalue weighted by Crippen LogP contribution is 2.26. The standard InChI is InChI=1S/C65H104O12/c1-4-7-10-13-16-19-22-25-27-29-31-34-36-39-42-45-48-51-57(66)73-54-56(75-58(67)52-49-46-43-40-37-33-24-21-18-15-12-9-6-3)55-74-65-63(61(70)60(69)62(77-65)64(71)72)76-59(68)53-50-47-44-41-38-35-32-30-28-26-23-20-17-14-11-8-5-2/h7-12,16-21,25-28,33,37,56,60-63,65,69-70H,4-6,13-15,22-24,29-32,34-36,38-55H2,1-3H3,(H,71,72)/b10-7-,11-8-,12-9-,19-16-,20-17-,21-18-,27-25-,28-26-,37-33-. The number of carboxylic acids is 1. The number of aliphatic hydroxyl groups excluding tert-OH is 2. The third-order valence-electron chi connectivity index (χ3n) is 12.8. The van der Waals surface area contributed by atoms with Crippen LogP contribution in [0.1, 0.15) is 226 Å². The van der Waals surface area contributed by atoms with Gasteiger partial charge in [0.2, 0.25) is 0 Å². The number of hydrogen-bond donors (Lipinski definition) is 3. The fourth-order valence-corrected chi connectivity index (χ4v) is 8.35. The van der Waals surface area contributed by atoms with E-state index in [4.69, 9.17) is 23.7 Å². The van der Waals surface area contributed by atoms with E-state index in [0.29, 0.717) is 19.3 Å². The molecule has 12 heteroatoms. The number of carboxylic acid groups (broad SMARTS) is 1. The van der Waals surface area contributed by atoms with Gasteiger partial charge in [-0.25, -0.2) is 4.79 Å². The largest absolute Gasteiger partial charge is 0.479 e. The summed E-state index contributed by atoms with van der Waals surface area (Å²) >= 11 is 0. The van der Waals surface area contributed by atoms with Crippen molar-refractivity contribution in [1.82, 2.24) is 0 Å². The van der Waals surface area contributed by atoms with Gasteiger partial charge in [0.05, 0.1) is 6.61 Å². The number of ether oxygens (including phenoxy) is 5. The molecule has 6 unspecified atom stereocenters. The molecule has 0 aromatic heterocycles. The maximum atomic E-state index is 13.1. The molecule has 0 amide bonds. The normalized spacial score (nSPS) is 18.8. The van der Waals surface area contributed by atoms with Gasteiger partial charge in [0.15, 0.2) is 24.6 Å². The predicted octanol–water partition coefficient (Wildman–Crippen LogP) is 15.4. The minimum absolute atomic E-state index is 0.0395. The second kappa shape index (κ2) is 52.1. The van der Waals surface area contributed by atoms with Crippen LogP contribution in [-0.4, -0.2) is 89.2 Å². The van der Waals surface area contributed by atoms with E-state index in [-0.39, 0.29) is 25.9 Å². The molecule has 0 bridgehead atoms. The maximum Gasteiger partial charge on any atom is 0.335 e. The Balaban J connectivity index is 2.70. The van der Waals surface area contributed by atoms with Crippen molar-refractivity contribution in [3.63, 3.8) is 0 Å². The number of carbonyl (C=O) groups excluding carboxylic acids is 3. The van der Waals surface area contributed by atoms with Gasteiger partial charge in [0.1, 0.15) is 18.8 Å². The zero-order valence-corrected chi connectivity index (χ0v) is 47.9. The Hall–Kier alpha value is -4.62. The molecule has 0 aliphatic carbocycles. The van der Waals surface area contributed by atoms with E-state index < -0.39 is 67.3 Å². The quantitative estimate of drug-likeness (QED) is 0.0228. The van der Waals surface area contributed by atoms with E-state index in [9.17, 15) is 34.5 Å². The van der Waals surface area contributed by atoms with Crippen LogP contribution >= 0.6 is 0 Å². The van der Waals surface area contributed by atoms with Crippen molar-refractivity contribution in [3.8, 4) is 0 Å². The first-order chi connectivity index (χ1) is 37.6. The molecular weight excluding hydrogens is 973 g/mol. The van der Waals surface area contributed by atoms with Gasteiger partial charge in [-0.15, -0.1) is 0 Å². The highest BCUT2D eigenvalue weighted by Gasteiger charge is 2.50. The molecule has 6 atom stereocenters. The molecular formula is C65H104O12. The molecule has 3 N–H and O–H groups in total. The van der Waals surface area contributed by atoms with Crippen LogP contribution in [0.5, 0.6) is 0 Å². The summed E-state index contributed by atoms with van der Waals surface area (Å²) in [6.07, 6.45) is 57.7. The van der Waals surface area contributed by atoms with Crippen molar-refractivity contribution >= 4 is 23.9 Å². The molecule has 0 aromatic carbocycles. The summed E-state index contributed by atoms with van der Waals surface area (Å²) in [5, 5.41) is 31.5. The zero-order chi connectivity index (χ0) is 56.1. The fraction of sp³-hybridized carbons (Fsp3) is 0.662. The van der Waals surface area contributed by atoms with Gasteiger partial charge >= 0.3 is 23.9 Å². The maximum absolute atomic E-state index is 13.1. The number of hydrogen-bond acceptors (Lipinski definition) is 11. The Morgan fingerprint density at radius 3 is 1.19 bits per heavy atom. The molecule has 1 saturated heterocycles. The smallest absolute Gasteiger partial charge is 0.335 e. The van der Waals surface area contributed by atoms with Crippen LogP contribution in [0.3, 0.4) is 0 Å². The van der Waals surface area contributed by atoms with Crippen LogP contribution in [-0.2, 0) is 42.9 Å². The topological polar surface area (TPSA) is 175 Å². The summed E-state index contributed by atoms with van der Waals surface area (Å²) in [6, 6.07) is 0. The van der Waals surface area contributed by atoms with E-state index >= 15 is 0 Å². The van der Waals surface area contributed by atoms with Crippen LogP contribution in [0.25, 0.3) is 0 Å². The average Bonchev–Trinajstić information content (AvgIpc) is 3.42. The Bertz CT molecular complexity index is 1750. The van der Waals surface area contributed by atoms with Gasteiger partial charge in [0.25, 0.3) is 0 Å². The van der Waals surface area contributed by atoms with Crippen LogP contribution < -0.4 is 0 Å².